The number of hydrogen-bond donors (Lipinski definition) is 1. The van der Waals surface area contributed by atoms with Crippen LogP contribution in [0.4, 0.5) is 0 Å². The summed E-state index contributed by atoms with van der Waals surface area (Å²) in [6.07, 6.45) is 2.04. The van der Waals surface area contributed by atoms with Crippen LogP contribution in [0, 0.1) is 0 Å². The molecule has 0 aliphatic carbocycles. The number of carboxylic acids is 1. The minimum atomic E-state index is -3.66. The summed E-state index contributed by atoms with van der Waals surface area (Å²) in [6.45, 7) is 6.35. The third-order valence-electron chi connectivity index (χ3n) is 1.19. The number of hydrogen-bond acceptors (Lipinski definition) is 3. The predicted molar refractivity (Wildman–Crippen MR) is 45.6 cm³/mol. The van der Waals surface area contributed by atoms with Gasteiger partial charge in [0.1, 0.15) is 0 Å². The number of aliphatic carboxylic acids is 1. The molecule has 4 nitrogen and oxygen atoms in total. The third kappa shape index (κ3) is 2.50. The van der Waals surface area contributed by atoms with Crippen molar-refractivity contribution in [3.63, 3.8) is 0 Å². The molecule has 0 aromatic carbocycles. The predicted octanol–water partition coefficient (Wildman–Crippen LogP) is 0.226. The van der Waals surface area contributed by atoms with Crippen LogP contribution in [0.25, 0.3) is 0 Å². The Morgan fingerprint density at radius 3 is 2.25 bits per heavy atom. The molecule has 0 fully saturated rings. The quantitative estimate of drug-likeness (QED) is 0.630. The van der Waals surface area contributed by atoms with E-state index in [0.717, 1.165) is 12.2 Å². The van der Waals surface area contributed by atoms with E-state index in [-0.39, 0.29) is 5.75 Å². The standard InChI is InChI=1S/C7H10O4S/c1-3-5-12(10,11)6(4-2)7(8)9/h3-4,6H,1-2,5H2,(H,8,9). The molecule has 0 radical (unpaired) electrons. The van der Waals surface area contributed by atoms with E-state index < -0.39 is 21.1 Å². The van der Waals surface area contributed by atoms with Gasteiger partial charge in [0.2, 0.25) is 0 Å². The normalized spacial score (nSPS) is 13.3. The van der Waals surface area contributed by atoms with E-state index in [1.54, 1.807) is 0 Å². The second-order valence-electron chi connectivity index (χ2n) is 2.11. The Balaban J connectivity index is 4.84. The van der Waals surface area contributed by atoms with Gasteiger partial charge in [0.25, 0.3) is 0 Å². The molecule has 1 atom stereocenters. The van der Waals surface area contributed by atoms with Crippen LogP contribution < -0.4 is 0 Å². The van der Waals surface area contributed by atoms with Crippen LogP contribution in [0.3, 0.4) is 0 Å². The first-order chi connectivity index (χ1) is 5.45. The van der Waals surface area contributed by atoms with Gasteiger partial charge in [0, 0.05) is 0 Å². The van der Waals surface area contributed by atoms with E-state index in [1.807, 2.05) is 0 Å². The van der Waals surface area contributed by atoms with Gasteiger partial charge in [0.05, 0.1) is 5.75 Å². The van der Waals surface area contributed by atoms with Crippen molar-refractivity contribution < 1.29 is 18.3 Å². The molecule has 0 aromatic heterocycles. The van der Waals surface area contributed by atoms with Gasteiger partial charge in [-0.05, 0) is 0 Å². The van der Waals surface area contributed by atoms with Gasteiger partial charge in [-0.3, -0.25) is 4.79 Å². The zero-order chi connectivity index (χ0) is 9.78. The fourth-order valence-electron chi connectivity index (χ4n) is 0.669. The first kappa shape index (κ1) is 10.9. The first-order valence-electron chi connectivity index (χ1n) is 3.13. The van der Waals surface area contributed by atoms with E-state index in [2.05, 4.69) is 13.2 Å². The van der Waals surface area contributed by atoms with Gasteiger partial charge in [-0.15, -0.1) is 13.2 Å². The molecule has 1 unspecified atom stereocenters. The highest BCUT2D eigenvalue weighted by atomic mass is 32.2. The lowest BCUT2D eigenvalue weighted by Gasteiger charge is -2.05. The summed E-state index contributed by atoms with van der Waals surface area (Å²) in [6, 6.07) is 0. The highest BCUT2D eigenvalue weighted by Gasteiger charge is 2.27. The number of sulfone groups is 1. The van der Waals surface area contributed by atoms with E-state index in [0.29, 0.717) is 0 Å². The average Bonchev–Trinajstić information content (AvgIpc) is 1.86. The van der Waals surface area contributed by atoms with E-state index >= 15 is 0 Å². The van der Waals surface area contributed by atoms with Crippen LogP contribution in [-0.4, -0.2) is 30.5 Å². The molecule has 0 aliphatic heterocycles. The van der Waals surface area contributed by atoms with E-state index in [1.165, 1.54) is 0 Å². The van der Waals surface area contributed by atoms with Crippen LogP contribution in [0.1, 0.15) is 0 Å². The van der Waals surface area contributed by atoms with Crippen LogP contribution in [0.15, 0.2) is 25.3 Å². The van der Waals surface area contributed by atoms with Crippen LogP contribution in [0.2, 0.25) is 0 Å². The lowest BCUT2D eigenvalue weighted by Crippen LogP contribution is -2.29. The van der Waals surface area contributed by atoms with Gasteiger partial charge in [-0.25, -0.2) is 8.42 Å². The Morgan fingerprint density at radius 1 is 1.50 bits per heavy atom. The van der Waals surface area contributed by atoms with Gasteiger partial charge in [-0.2, -0.15) is 0 Å². The van der Waals surface area contributed by atoms with Crippen molar-refractivity contribution in [1.82, 2.24) is 0 Å². The van der Waals surface area contributed by atoms with Gasteiger partial charge in [-0.1, -0.05) is 12.2 Å². The zero-order valence-electron chi connectivity index (χ0n) is 6.43. The first-order valence-corrected chi connectivity index (χ1v) is 4.85. The Kier molecular flexibility index (Phi) is 3.69. The molecule has 0 heterocycles. The van der Waals surface area contributed by atoms with Crippen LogP contribution in [-0.2, 0) is 14.6 Å². The lowest BCUT2D eigenvalue weighted by molar-refractivity contribution is -0.135. The zero-order valence-corrected chi connectivity index (χ0v) is 7.25. The molecule has 0 aliphatic rings. The maximum atomic E-state index is 11.1. The van der Waals surface area contributed by atoms with Crippen molar-refractivity contribution >= 4 is 15.8 Å². The number of rotatable bonds is 5. The molecule has 12 heavy (non-hydrogen) atoms. The van der Waals surface area contributed by atoms with Crippen molar-refractivity contribution in [1.29, 1.82) is 0 Å². The van der Waals surface area contributed by atoms with Crippen molar-refractivity contribution in [3.8, 4) is 0 Å². The summed E-state index contributed by atoms with van der Waals surface area (Å²) >= 11 is 0. The largest absolute Gasteiger partial charge is 0.480 e. The second-order valence-corrected chi connectivity index (χ2v) is 4.28. The van der Waals surface area contributed by atoms with Gasteiger partial charge < -0.3 is 5.11 Å². The van der Waals surface area contributed by atoms with Crippen molar-refractivity contribution in [2.45, 2.75) is 5.25 Å². The molecule has 0 amide bonds. The summed E-state index contributed by atoms with van der Waals surface area (Å²) in [5.74, 6) is -1.76. The Morgan fingerprint density at radius 2 is 2.00 bits per heavy atom. The fraction of sp³-hybridized carbons (Fsp3) is 0.286. The summed E-state index contributed by atoms with van der Waals surface area (Å²) in [7, 11) is -3.66. The number of carboxylic acid groups (broad SMARTS) is 1. The minimum Gasteiger partial charge on any atom is -0.480 e. The van der Waals surface area contributed by atoms with Gasteiger partial charge >= 0.3 is 5.97 Å². The molecule has 0 aromatic rings. The lowest BCUT2D eigenvalue weighted by atomic mass is 10.4. The molecule has 0 saturated heterocycles. The topological polar surface area (TPSA) is 71.4 Å². The Bertz CT molecular complexity index is 289. The monoisotopic (exact) mass is 190 g/mol. The summed E-state index contributed by atoms with van der Waals surface area (Å²) in [5, 5.41) is 6.92. The Labute approximate surface area is 71.1 Å². The van der Waals surface area contributed by atoms with E-state index in [4.69, 9.17) is 5.11 Å². The molecule has 5 heteroatoms. The Hall–Kier alpha value is -1.10. The molecule has 0 spiro atoms. The molecular weight excluding hydrogens is 180 g/mol. The van der Waals surface area contributed by atoms with Crippen molar-refractivity contribution in [2.24, 2.45) is 0 Å². The maximum absolute atomic E-state index is 11.1. The van der Waals surface area contributed by atoms with Crippen molar-refractivity contribution in [2.75, 3.05) is 5.75 Å². The summed E-state index contributed by atoms with van der Waals surface area (Å²) < 4.78 is 22.2. The molecule has 1 N–H and O–H groups in total. The highest BCUT2D eigenvalue weighted by molar-refractivity contribution is 7.93. The summed E-state index contributed by atoms with van der Waals surface area (Å²) in [4.78, 5) is 10.4. The molecule has 0 saturated carbocycles. The fourth-order valence-corrected chi connectivity index (χ4v) is 1.81. The third-order valence-corrected chi connectivity index (χ3v) is 3.06. The van der Waals surface area contributed by atoms with Crippen molar-refractivity contribution in [3.05, 3.63) is 25.3 Å². The molecule has 68 valence electrons. The SMILES string of the molecule is C=CCS(=O)(=O)C(C=C)C(=O)O. The highest BCUT2D eigenvalue weighted by Crippen LogP contribution is 2.04. The average molecular weight is 190 g/mol. The van der Waals surface area contributed by atoms with Crippen LogP contribution in [0.5, 0.6) is 0 Å². The smallest absolute Gasteiger partial charge is 0.325 e. The van der Waals surface area contributed by atoms with Crippen LogP contribution >= 0.6 is 0 Å². The summed E-state index contributed by atoms with van der Waals surface area (Å²) in [5.41, 5.74) is 0. The molecule has 0 bridgehead atoms. The molecule has 0 rings (SSSR count). The maximum Gasteiger partial charge on any atom is 0.325 e. The second kappa shape index (κ2) is 4.06. The van der Waals surface area contributed by atoms with E-state index in [9.17, 15) is 13.2 Å². The number of carbonyl (C=O) groups is 1. The molecular formula is C7H10O4S. The van der Waals surface area contributed by atoms with Gasteiger partial charge in [0.15, 0.2) is 15.1 Å². The minimum absolute atomic E-state index is 0.351.